The normalized spacial score (nSPS) is 12.5. The van der Waals surface area contributed by atoms with Gasteiger partial charge in [-0.15, -0.1) is 12.3 Å². The van der Waals surface area contributed by atoms with Crippen LogP contribution in [0.1, 0.15) is 23.9 Å². The minimum absolute atomic E-state index is 0.316. The zero-order chi connectivity index (χ0) is 9.14. The third-order valence-corrected chi connectivity index (χ3v) is 1.79. The zero-order valence-electron chi connectivity index (χ0n) is 7.28. The quantitative estimate of drug-likeness (QED) is 0.656. The van der Waals surface area contributed by atoms with Gasteiger partial charge < -0.3 is 5.11 Å². The van der Waals surface area contributed by atoms with E-state index >= 15 is 0 Å². The SMILES string of the molecule is C#CCC(O)c1cc(C)n(C)n1. The van der Waals surface area contributed by atoms with Crippen molar-refractivity contribution in [3.63, 3.8) is 0 Å². The van der Waals surface area contributed by atoms with E-state index in [0.717, 1.165) is 5.69 Å². The van der Waals surface area contributed by atoms with E-state index in [2.05, 4.69) is 11.0 Å². The first-order chi connectivity index (χ1) is 5.65. The molecule has 0 radical (unpaired) electrons. The summed E-state index contributed by atoms with van der Waals surface area (Å²) >= 11 is 0. The largest absolute Gasteiger partial charge is 0.386 e. The van der Waals surface area contributed by atoms with Crippen LogP contribution in [0.25, 0.3) is 0 Å². The van der Waals surface area contributed by atoms with Gasteiger partial charge in [0.15, 0.2) is 0 Å². The van der Waals surface area contributed by atoms with E-state index < -0.39 is 6.10 Å². The summed E-state index contributed by atoms with van der Waals surface area (Å²) in [4.78, 5) is 0. The topological polar surface area (TPSA) is 38.0 Å². The van der Waals surface area contributed by atoms with Gasteiger partial charge in [-0.05, 0) is 13.0 Å². The molecule has 0 aliphatic heterocycles. The number of aromatic nitrogens is 2. The van der Waals surface area contributed by atoms with E-state index in [1.807, 2.05) is 20.0 Å². The van der Waals surface area contributed by atoms with Crippen LogP contribution in [0, 0.1) is 19.3 Å². The number of terminal acetylenes is 1. The molecule has 0 bridgehead atoms. The molecule has 1 aromatic rings. The van der Waals surface area contributed by atoms with Crippen molar-refractivity contribution in [1.82, 2.24) is 9.78 Å². The van der Waals surface area contributed by atoms with Gasteiger partial charge in [0, 0.05) is 19.2 Å². The van der Waals surface area contributed by atoms with Gasteiger partial charge in [0.1, 0.15) is 6.10 Å². The second-order valence-electron chi connectivity index (χ2n) is 2.76. The van der Waals surface area contributed by atoms with Crippen LogP contribution in [0.5, 0.6) is 0 Å². The Morgan fingerprint density at radius 1 is 1.83 bits per heavy atom. The van der Waals surface area contributed by atoms with Gasteiger partial charge in [-0.2, -0.15) is 5.10 Å². The van der Waals surface area contributed by atoms with E-state index in [9.17, 15) is 5.11 Å². The molecule has 1 atom stereocenters. The molecule has 12 heavy (non-hydrogen) atoms. The van der Waals surface area contributed by atoms with Crippen LogP contribution in [0.4, 0.5) is 0 Å². The van der Waals surface area contributed by atoms with Gasteiger partial charge in [-0.1, -0.05) is 0 Å². The average Bonchev–Trinajstić information content (AvgIpc) is 2.33. The molecule has 0 amide bonds. The van der Waals surface area contributed by atoms with Crippen LogP contribution >= 0.6 is 0 Å². The third kappa shape index (κ3) is 1.66. The van der Waals surface area contributed by atoms with Crippen molar-refractivity contribution in [3.8, 4) is 12.3 Å². The Morgan fingerprint density at radius 2 is 2.50 bits per heavy atom. The molecule has 3 nitrogen and oxygen atoms in total. The molecule has 0 aliphatic carbocycles. The molecule has 0 aliphatic rings. The van der Waals surface area contributed by atoms with Gasteiger partial charge in [-0.3, -0.25) is 4.68 Å². The number of aliphatic hydroxyl groups is 1. The molecule has 1 heterocycles. The second-order valence-corrected chi connectivity index (χ2v) is 2.76. The molecular weight excluding hydrogens is 152 g/mol. The molecule has 0 spiro atoms. The molecule has 1 unspecified atom stereocenters. The smallest absolute Gasteiger partial charge is 0.109 e. The summed E-state index contributed by atoms with van der Waals surface area (Å²) in [7, 11) is 1.83. The molecule has 1 N–H and O–H groups in total. The fourth-order valence-corrected chi connectivity index (χ4v) is 0.967. The molecule has 0 saturated heterocycles. The first kappa shape index (κ1) is 8.82. The van der Waals surface area contributed by atoms with Gasteiger partial charge in [0.05, 0.1) is 5.69 Å². The summed E-state index contributed by atoms with van der Waals surface area (Å²) in [6.07, 6.45) is 4.75. The van der Waals surface area contributed by atoms with Crippen molar-refractivity contribution in [2.45, 2.75) is 19.4 Å². The Hall–Kier alpha value is -1.27. The molecule has 64 valence electrons. The van der Waals surface area contributed by atoms with Crippen molar-refractivity contribution in [2.75, 3.05) is 0 Å². The highest BCUT2D eigenvalue weighted by Gasteiger charge is 2.10. The lowest BCUT2D eigenvalue weighted by atomic mass is 10.2. The van der Waals surface area contributed by atoms with Gasteiger partial charge in [-0.25, -0.2) is 0 Å². The van der Waals surface area contributed by atoms with Crippen LogP contribution < -0.4 is 0 Å². The van der Waals surface area contributed by atoms with Gasteiger partial charge in [0.25, 0.3) is 0 Å². The molecule has 1 aromatic heterocycles. The average molecular weight is 164 g/mol. The number of hydrogen-bond acceptors (Lipinski definition) is 2. The van der Waals surface area contributed by atoms with Crippen molar-refractivity contribution in [2.24, 2.45) is 7.05 Å². The van der Waals surface area contributed by atoms with Crippen LogP contribution in [-0.2, 0) is 7.05 Å². The maximum Gasteiger partial charge on any atom is 0.109 e. The van der Waals surface area contributed by atoms with E-state index in [1.165, 1.54) is 0 Å². The first-order valence-corrected chi connectivity index (χ1v) is 3.77. The molecule has 3 heteroatoms. The predicted molar refractivity (Wildman–Crippen MR) is 46.4 cm³/mol. The number of rotatable bonds is 2. The number of aryl methyl sites for hydroxylation is 2. The Kier molecular flexibility index (Phi) is 2.51. The van der Waals surface area contributed by atoms with E-state index in [0.29, 0.717) is 12.1 Å². The summed E-state index contributed by atoms with van der Waals surface area (Å²) in [5, 5.41) is 13.5. The van der Waals surface area contributed by atoms with Gasteiger partial charge >= 0.3 is 0 Å². The maximum atomic E-state index is 9.44. The Morgan fingerprint density at radius 3 is 2.92 bits per heavy atom. The predicted octanol–water partition coefficient (Wildman–Crippen LogP) is 0.785. The van der Waals surface area contributed by atoms with Crippen LogP contribution in [0.15, 0.2) is 6.07 Å². The highest BCUT2D eigenvalue weighted by atomic mass is 16.3. The number of hydrogen-bond donors (Lipinski definition) is 1. The highest BCUT2D eigenvalue weighted by molar-refractivity contribution is 5.12. The Balaban J connectivity index is 2.83. The highest BCUT2D eigenvalue weighted by Crippen LogP contribution is 2.14. The lowest BCUT2D eigenvalue weighted by molar-refractivity contribution is 0.178. The zero-order valence-corrected chi connectivity index (χ0v) is 7.28. The van der Waals surface area contributed by atoms with E-state index in [1.54, 1.807) is 4.68 Å². The third-order valence-electron chi connectivity index (χ3n) is 1.79. The summed E-state index contributed by atoms with van der Waals surface area (Å²) < 4.78 is 1.72. The standard InChI is InChI=1S/C9H12N2O/c1-4-5-9(12)8-6-7(2)11(3)10-8/h1,6,9,12H,5H2,2-3H3. The second kappa shape index (κ2) is 3.42. The summed E-state index contributed by atoms with van der Waals surface area (Å²) in [6.45, 7) is 1.93. The van der Waals surface area contributed by atoms with Crippen molar-refractivity contribution in [3.05, 3.63) is 17.5 Å². The molecule has 0 fully saturated rings. The monoisotopic (exact) mass is 164 g/mol. The fourth-order valence-electron chi connectivity index (χ4n) is 0.967. The molecular formula is C9H12N2O. The minimum atomic E-state index is -0.630. The molecule has 1 rings (SSSR count). The lowest BCUT2D eigenvalue weighted by Crippen LogP contribution is -1.98. The molecule has 0 aromatic carbocycles. The van der Waals surface area contributed by atoms with E-state index in [4.69, 9.17) is 6.42 Å². The van der Waals surface area contributed by atoms with Crippen LogP contribution in [0.2, 0.25) is 0 Å². The fraction of sp³-hybridized carbons (Fsp3) is 0.444. The van der Waals surface area contributed by atoms with E-state index in [-0.39, 0.29) is 0 Å². The molecule has 0 saturated carbocycles. The first-order valence-electron chi connectivity index (χ1n) is 3.77. The maximum absolute atomic E-state index is 9.44. The van der Waals surface area contributed by atoms with Crippen LogP contribution in [-0.4, -0.2) is 14.9 Å². The summed E-state index contributed by atoms with van der Waals surface area (Å²) in [5.74, 6) is 2.40. The number of nitrogens with zero attached hydrogens (tertiary/aromatic N) is 2. The van der Waals surface area contributed by atoms with Crippen LogP contribution in [0.3, 0.4) is 0 Å². The Labute approximate surface area is 72.0 Å². The summed E-state index contributed by atoms with van der Waals surface area (Å²) in [5.41, 5.74) is 1.66. The lowest BCUT2D eigenvalue weighted by Gasteiger charge is -2.00. The number of aliphatic hydroxyl groups excluding tert-OH is 1. The minimum Gasteiger partial charge on any atom is -0.386 e. The Bertz CT molecular complexity index is 289. The van der Waals surface area contributed by atoms with Crippen molar-refractivity contribution >= 4 is 0 Å². The van der Waals surface area contributed by atoms with Crippen molar-refractivity contribution < 1.29 is 5.11 Å². The van der Waals surface area contributed by atoms with Gasteiger partial charge in [0.2, 0.25) is 0 Å². The van der Waals surface area contributed by atoms with Crippen molar-refractivity contribution in [1.29, 1.82) is 0 Å². The summed E-state index contributed by atoms with van der Waals surface area (Å²) in [6, 6.07) is 1.84.